The molecule has 5 heteroatoms. The summed E-state index contributed by atoms with van der Waals surface area (Å²) in [4.78, 5) is 0. The molecule has 1 aromatic heterocycles. The monoisotopic (exact) mass is 292 g/mol. The third kappa shape index (κ3) is 1.84. The first-order chi connectivity index (χ1) is 6.29. The molecule has 0 aliphatic heterocycles. The second kappa shape index (κ2) is 3.89. The summed E-state index contributed by atoms with van der Waals surface area (Å²) in [6.45, 7) is 2.29. The first-order valence-corrected chi connectivity index (χ1v) is 5.80. The second-order valence-corrected chi connectivity index (χ2v) is 4.69. The Bertz CT molecular complexity index is 285. The highest BCUT2D eigenvalue weighted by Gasteiger charge is 2.25. The van der Waals surface area contributed by atoms with Gasteiger partial charge in [-0.2, -0.15) is 0 Å². The molecule has 1 fully saturated rings. The number of tetrazole rings is 1. The van der Waals surface area contributed by atoms with Crippen molar-refractivity contribution < 1.29 is 0 Å². The molecule has 0 amide bonds. The summed E-state index contributed by atoms with van der Waals surface area (Å²) in [6, 6.07) is 0.524. The van der Waals surface area contributed by atoms with E-state index in [1.54, 1.807) is 0 Å². The van der Waals surface area contributed by atoms with Gasteiger partial charge >= 0.3 is 0 Å². The van der Waals surface area contributed by atoms with E-state index in [1.165, 1.54) is 25.7 Å². The van der Waals surface area contributed by atoms with E-state index in [-0.39, 0.29) is 0 Å². The van der Waals surface area contributed by atoms with Gasteiger partial charge < -0.3 is 0 Å². The van der Waals surface area contributed by atoms with Gasteiger partial charge in [0.1, 0.15) is 0 Å². The first-order valence-electron chi connectivity index (χ1n) is 4.72. The lowest BCUT2D eigenvalue weighted by Crippen LogP contribution is -2.23. The molecular weight excluding hydrogens is 279 g/mol. The van der Waals surface area contributed by atoms with Crippen molar-refractivity contribution in [1.82, 2.24) is 20.2 Å². The third-order valence-electron chi connectivity index (χ3n) is 2.83. The van der Waals surface area contributed by atoms with Crippen LogP contribution in [-0.4, -0.2) is 20.2 Å². The second-order valence-electron chi connectivity index (χ2n) is 3.72. The van der Waals surface area contributed by atoms with Crippen LogP contribution in [0.15, 0.2) is 0 Å². The highest BCUT2D eigenvalue weighted by atomic mass is 127. The number of hydrogen-bond donors (Lipinski definition) is 0. The predicted octanol–water partition coefficient (Wildman–Crippen LogP) is 2.03. The molecule has 1 aliphatic carbocycles. The largest absolute Gasteiger partial charge is 0.217 e. The number of nitrogens with zero attached hydrogens (tertiary/aromatic N) is 4. The summed E-state index contributed by atoms with van der Waals surface area (Å²) in [5, 5.41) is 11.6. The number of rotatable bonds is 1. The normalized spacial score (nSPS) is 29.1. The van der Waals surface area contributed by atoms with Gasteiger partial charge in [-0.15, -0.1) is 5.10 Å². The van der Waals surface area contributed by atoms with Gasteiger partial charge in [-0.3, -0.25) is 0 Å². The fraction of sp³-hybridized carbons (Fsp3) is 0.875. The van der Waals surface area contributed by atoms with Gasteiger partial charge in [0.25, 0.3) is 0 Å². The molecule has 72 valence electrons. The SMILES string of the molecule is CC1CCCCC1n1nnnc1I. The third-order valence-corrected chi connectivity index (χ3v) is 3.54. The minimum absolute atomic E-state index is 0.524. The Morgan fingerprint density at radius 1 is 1.38 bits per heavy atom. The maximum Gasteiger partial charge on any atom is 0.212 e. The van der Waals surface area contributed by atoms with Gasteiger partial charge in [-0.1, -0.05) is 19.8 Å². The lowest BCUT2D eigenvalue weighted by atomic mass is 9.86. The average molecular weight is 292 g/mol. The zero-order chi connectivity index (χ0) is 9.26. The molecule has 0 saturated heterocycles. The van der Waals surface area contributed by atoms with Crippen molar-refractivity contribution in [3.63, 3.8) is 0 Å². The highest BCUT2D eigenvalue weighted by molar-refractivity contribution is 14.1. The van der Waals surface area contributed by atoms with E-state index < -0.39 is 0 Å². The first kappa shape index (κ1) is 9.36. The Hall–Kier alpha value is -0.200. The molecule has 1 saturated carbocycles. The van der Waals surface area contributed by atoms with Crippen LogP contribution in [0.25, 0.3) is 0 Å². The molecule has 1 aliphatic rings. The molecule has 2 unspecified atom stereocenters. The van der Waals surface area contributed by atoms with Gasteiger partial charge in [0.2, 0.25) is 3.83 Å². The van der Waals surface area contributed by atoms with Crippen LogP contribution in [0.4, 0.5) is 0 Å². The van der Waals surface area contributed by atoms with E-state index in [0.29, 0.717) is 12.0 Å². The van der Waals surface area contributed by atoms with Crippen LogP contribution in [0.5, 0.6) is 0 Å². The molecule has 2 atom stereocenters. The molecule has 1 aromatic rings. The zero-order valence-electron chi connectivity index (χ0n) is 7.65. The Morgan fingerprint density at radius 3 is 2.77 bits per heavy atom. The maximum absolute atomic E-state index is 4.04. The summed E-state index contributed by atoms with van der Waals surface area (Å²) >= 11 is 2.19. The van der Waals surface area contributed by atoms with Gasteiger partial charge in [-0.25, -0.2) is 4.68 Å². The lowest BCUT2D eigenvalue weighted by molar-refractivity contribution is 0.233. The van der Waals surface area contributed by atoms with Crippen LogP contribution in [-0.2, 0) is 0 Å². The average Bonchev–Trinajstić information content (AvgIpc) is 2.52. The predicted molar refractivity (Wildman–Crippen MR) is 57.2 cm³/mol. The number of aromatic nitrogens is 4. The van der Waals surface area contributed by atoms with Crippen LogP contribution in [0.3, 0.4) is 0 Å². The summed E-state index contributed by atoms with van der Waals surface area (Å²) in [5.41, 5.74) is 0. The fourth-order valence-electron chi connectivity index (χ4n) is 2.05. The summed E-state index contributed by atoms with van der Waals surface area (Å²) < 4.78 is 2.89. The molecule has 0 spiro atoms. The van der Waals surface area contributed by atoms with E-state index in [1.807, 2.05) is 4.68 Å². The molecule has 1 heterocycles. The van der Waals surface area contributed by atoms with Gasteiger partial charge in [0.15, 0.2) is 0 Å². The van der Waals surface area contributed by atoms with Crippen molar-refractivity contribution in [3.8, 4) is 0 Å². The summed E-state index contributed by atoms with van der Waals surface area (Å²) in [7, 11) is 0. The van der Waals surface area contributed by atoms with Crippen LogP contribution >= 0.6 is 22.6 Å². The van der Waals surface area contributed by atoms with Crippen molar-refractivity contribution >= 4 is 22.6 Å². The van der Waals surface area contributed by atoms with Gasteiger partial charge in [-0.05, 0) is 29.2 Å². The van der Waals surface area contributed by atoms with Crippen LogP contribution < -0.4 is 0 Å². The summed E-state index contributed by atoms with van der Waals surface area (Å²) in [6.07, 6.45) is 5.20. The smallest absolute Gasteiger partial charge is 0.212 e. The molecule has 4 nitrogen and oxygen atoms in total. The van der Waals surface area contributed by atoms with Gasteiger partial charge in [0.05, 0.1) is 6.04 Å². The Morgan fingerprint density at radius 2 is 2.15 bits per heavy atom. The van der Waals surface area contributed by atoms with Crippen LogP contribution in [0, 0.1) is 9.75 Å². The molecular formula is C8H13IN4. The van der Waals surface area contributed by atoms with E-state index in [0.717, 1.165) is 3.83 Å². The number of hydrogen-bond acceptors (Lipinski definition) is 3. The minimum Gasteiger partial charge on any atom is -0.217 e. The molecule has 0 radical (unpaired) electrons. The minimum atomic E-state index is 0.524. The molecule has 0 bridgehead atoms. The standard InChI is InChI=1S/C8H13IN4/c1-6-4-2-3-5-7(6)13-8(9)10-11-12-13/h6-7H,2-5H2,1H3. The summed E-state index contributed by atoms with van der Waals surface area (Å²) in [5.74, 6) is 0.714. The van der Waals surface area contributed by atoms with Crippen molar-refractivity contribution in [2.75, 3.05) is 0 Å². The molecule has 0 aromatic carbocycles. The van der Waals surface area contributed by atoms with Crippen LogP contribution in [0.1, 0.15) is 38.6 Å². The highest BCUT2D eigenvalue weighted by Crippen LogP contribution is 2.33. The fourth-order valence-corrected chi connectivity index (χ4v) is 2.60. The maximum atomic E-state index is 4.04. The molecule has 2 rings (SSSR count). The lowest BCUT2D eigenvalue weighted by Gasteiger charge is -2.28. The van der Waals surface area contributed by atoms with E-state index in [2.05, 4.69) is 45.0 Å². The van der Waals surface area contributed by atoms with Crippen molar-refractivity contribution in [2.24, 2.45) is 5.92 Å². The van der Waals surface area contributed by atoms with E-state index in [4.69, 9.17) is 0 Å². The Balaban J connectivity index is 2.19. The Kier molecular flexibility index (Phi) is 2.80. The zero-order valence-corrected chi connectivity index (χ0v) is 9.81. The van der Waals surface area contributed by atoms with Crippen LogP contribution in [0.2, 0.25) is 0 Å². The Labute approximate surface area is 91.2 Å². The molecule has 13 heavy (non-hydrogen) atoms. The van der Waals surface area contributed by atoms with Crippen molar-refractivity contribution in [2.45, 2.75) is 38.6 Å². The van der Waals surface area contributed by atoms with E-state index in [9.17, 15) is 0 Å². The van der Waals surface area contributed by atoms with Gasteiger partial charge in [0, 0.05) is 22.6 Å². The quantitative estimate of drug-likeness (QED) is 0.744. The van der Waals surface area contributed by atoms with E-state index >= 15 is 0 Å². The van der Waals surface area contributed by atoms with Crippen molar-refractivity contribution in [3.05, 3.63) is 3.83 Å². The number of halogens is 1. The topological polar surface area (TPSA) is 43.6 Å². The molecule has 0 N–H and O–H groups in total. The van der Waals surface area contributed by atoms with Crippen molar-refractivity contribution in [1.29, 1.82) is 0 Å².